The van der Waals surface area contributed by atoms with Gasteiger partial charge in [0.25, 0.3) is 11.8 Å². The van der Waals surface area contributed by atoms with Crippen molar-refractivity contribution >= 4 is 29.1 Å². The van der Waals surface area contributed by atoms with E-state index < -0.39 is 0 Å². The first kappa shape index (κ1) is 22.2. The van der Waals surface area contributed by atoms with E-state index in [9.17, 15) is 14.4 Å². The number of aromatic nitrogens is 2. The lowest BCUT2D eigenvalue weighted by Crippen LogP contribution is -2.50. The molecule has 9 heteroatoms. The van der Waals surface area contributed by atoms with E-state index in [2.05, 4.69) is 9.97 Å². The third-order valence-electron chi connectivity index (χ3n) is 6.30. The van der Waals surface area contributed by atoms with Crippen LogP contribution < -0.4 is 0 Å². The van der Waals surface area contributed by atoms with Crippen LogP contribution in [-0.2, 0) is 4.79 Å². The first-order chi connectivity index (χ1) is 16.6. The molecule has 0 spiro atoms. The molecule has 2 saturated heterocycles. The Labute approximate surface area is 201 Å². The summed E-state index contributed by atoms with van der Waals surface area (Å²) in [7, 11) is 0. The number of hydrazine groups is 1. The third-order valence-corrected chi connectivity index (χ3v) is 7.20. The Morgan fingerprint density at radius 2 is 1.65 bits per heavy atom. The van der Waals surface area contributed by atoms with Crippen LogP contribution in [0.15, 0.2) is 60.2 Å². The van der Waals surface area contributed by atoms with Crippen LogP contribution in [0.2, 0.25) is 0 Å². The summed E-state index contributed by atoms with van der Waals surface area (Å²) in [6.45, 7) is 2.09. The van der Waals surface area contributed by atoms with Crippen molar-refractivity contribution in [2.24, 2.45) is 5.92 Å². The van der Waals surface area contributed by atoms with E-state index in [-0.39, 0.29) is 23.6 Å². The molecule has 0 aliphatic carbocycles. The van der Waals surface area contributed by atoms with Crippen molar-refractivity contribution in [2.45, 2.75) is 19.3 Å². The molecule has 5 rings (SSSR count). The number of hydrogen-bond donors (Lipinski definition) is 0. The van der Waals surface area contributed by atoms with E-state index in [1.165, 1.54) is 16.3 Å². The van der Waals surface area contributed by atoms with Crippen LogP contribution >= 0.6 is 11.3 Å². The molecule has 0 unspecified atom stereocenters. The second-order valence-corrected chi connectivity index (χ2v) is 9.31. The standard InChI is InChI=1S/C25H25N5O3S/c31-23(18-6-2-1-3-7-18)28-14-9-19(10-15-28)24(32)29-12-5-13-30(29)25(33)21-17-34-22(27-21)20-8-4-11-26-16-20/h1-4,6-8,11,16-17,19H,5,9-10,12-15H2. The fraction of sp³-hybridized carbons (Fsp3) is 0.320. The van der Waals surface area contributed by atoms with Gasteiger partial charge in [-0.2, -0.15) is 0 Å². The Hall–Kier alpha value is -3.59. The molecular weight excluding hydrogens is 450 g/mol. The Kier molecular flexibility index (Phi) is 6.35. The molecular formula is C25H25N5O3S. The zero-order valence-corrected chi connectivity index (χ0v) is 19.5. The van der Waals surface area contributed by atoms with E-state index in [0.717, 1.165) is 17.0 Å². The van der Waals surface area contributed by atoms with E-state index in [0.29, 0.717) is 50.3 Å². The third kappa shape index (κ3) is 4.43. The molecule has 3 aromatic rings. The molecule has 174 valence electrons. The Morgan fingerprint density at radius 3 is 2.38 bits per heavy atom. The van der Waals surface area contributed by atoms with Crippen molar-refractivity contribution < 1.29 is 14.4 Å². The van der Waals surface area contributed by atoms with E-state index in [1.54, 1.807) is 27.7 Å². The fourth-order valence-corrected chi connectivity index (χ4v) is 5.27. The number of carbonyl (C=O) groups is 3. The average molecular weight is 476 g/mol. The van der Waals surface area contributed by atoms with Gasteiger partial charge in [0, 0.05) is 61.0 Å². The van der Waals surface area contributed by atoms with Gasteiger partial charge in [-0.3, -0.25) is 24.4 Å². The molecule has 0 bridgehead atoms. The van der Waals surface area contributed by atoms with Gasteiger partial charge in [-0.15, -0.1) is 11.3 Å². The van der Waals surface area contributed by atoms with Crippen LogP contribution in [0.3, 0.4) is 0 Å². The first-order valence-corrected chi connectivity index (χ1v) is 12.3. The number of carbonyl (C=O) groups excluding carboxylic acids is 3. The normalized spacial score (nSPS) is 16.6. The Morgan fingerprint density at radius 1 is 0.882 bits per heavy atom. The van der Waals surface area contributed by atoms with Crippen LogP contribution in [0.4, 0.5) is 0 Å². The Balaban J connectivity index is 1.22. The second kappa shape index (κ2) is 9.72. The zero-order chi connectivity index (χ0) is 23.5. The molecule has 0 saturated carbocycles. The lowest BCUT2D eigenvalue weighted by molar-refractivity contribution is -0.146. The number of hydrogen-bond acceptors (Lipinski definition) is 6. The molecule has 3 amide bonds. The van der Waals surface area contributed by atoms with Gasteiger partial charge >= 0.3 is 0 Å². The zero-order valence-electron chi connectivity index (χ0n) is 18.7. The smallest absolute Gasteiger partial charge is 0.291 e. The number of pyridine rings is 1. The summed E-state index contributed by atoms with van der Waals surface area (Å²) in [6, 6.07) is 12.9. The highest BCUT2D eigenvalue weighted by atomic mass is 32.1. The minimum Gasteiger partial charge on any atom is -0.339 e. The van der Waals surface area contributed by atoms with Gasteiger partial charge in [0.05, 0.1) is 0 Å². The van der Waals surface area contributed by atoms with Gasteiger partial charge < -0.3 is 4.90 Å². The Bertz CT molecular complexity index is 1180. The summed E-state index contributed by atoms with van der Waals surface area (Å²) in [6.07, 6.45) is 5.34. The van der Waals surface area contributed by atoms with Crippen molar-refractivity contribution in [3.8, 4) is 10.6 Å². The predicted molar refractivity (Wildman–Crippen MR) is 128 cm³/mol. The van der Waals surface area contributed by atoms with Crippen LogP contribution in [-0.4, -0.2) is 68.8 Å². The molecule has 2 aromatic heterocycles. The topological polar surface area (TPSA) is 86.7 Å². The quantitative estimate of drug-likeness (QED) is 0.578. The van der Waals surface area contributed by atoms with Crippen molar-refractivity contribution in [1.82, 2.24) is 24.9 Å². The van der Waals surface area contributed by atoms with Gasteiger partial charge in [0.15, 0.2) is 0 Å². The lowest BCUT2D eigenvalue weighted by atomic mass is 9.95. The lowest BCUT2D eigenvalue weighted by Gasteiger charge is -2.35. The van der Waals surface area contributed by atoms with Crippen molar-refractivity contribution in [2.75, 3.05) is 26.2 Å². The van der Waals surface area contributed by atoms with E-state index >= 15 is 0 Å². The van der Waals surface area contributed by atoms with Crippen LogP contribution in [0.25, 0.3) is 10.6 Å². The molecule has 2 aliphatic rings. The number of rotatable bonds is 4. The molecule has 34 heavy (non-hydrogen) atoms. The molecule has 0 radical (unpaired) electrons. The number of nitrogens with zero attached hydrogens (tertiary/aromatic N) is 5. The number of thiazole rings is 1. The van der Waals surface area contributed by atoms with Gasteiger partial charge in [-0.25, -0.2) is 9.99 Å². The summed E-state index contributed by atoms with van der Waals surface area (Å²) in [5, 5.41) is 5.58. The van der Waals surface area contributed by atoms with Crippen molar-refractivity contribution in [3.63, 3.8) is 0 Å². The van der Waals surface area contributed by atoms with Crippen LogP contribution in [0.5, 0.6) is 0 Å². The number of piperidine rings is 1. The largest absolute Gasteiger partial charge is 0.339 e. The molecule has 1 aromatic carbocycles. The summed E-state index contributed by atoms with van der Waals surface area (Å²) in [5.74, 6) is -0.499. The number of likely N-dealkylation sites (tertiary alicyclic amines) is 1. The van der Waals surface area contributed by atoms with Gasteiger partial charge in [-0.05, 0) is 43.5 Å². The predicted octanol–water partition coefficient (Wildman–Crippen LogP) is 3.35. The maximum absolute atomic E-state index is 13.3. The molecule has 0 atom stereocenters. The number of amides is 3. The molecule has 4 heterocycles. The van der Waals surface area contributed by atoms with E-state index in [1.807, 2.05) is 42.5 Å². The highest BCUT2D eigenvalue weighted by Crippen LogP contribution is 2.27. The summed E-state index contributed by atoms with van der Waals surface area (Å²) < 4.78 is 0. The summed E-state index contributed by atoms with van der Waals surface area (Å²) in [4.78, 5) is 49.6. The molecule has 0 N–H and O–H groups in total. The maximum Gasteiger partial charge on any atom is 0.291 e. The summed E-state index contributed by atoms with van der Waals surface area (Å²) in [5.41, 5.74) is 1.86. The molecule has 8 nitrogen and oxygen atoms in total. The van der Waals surface area contributed by atoms with Crippen molar-refractivity contribution in [1.29, 1.82) is 0 Å². The molecule has 2 fully saturated rings. The highest BCUT2D eigenvalue weighted by molar-refractivity contribution is 7.13. The highest BCUT2D eigenvalue weighted by Gasteiger charge is 2.37. The van der Waals surface area contributed by atoms with Gasteiger partial charge in [0.2, 0.25) is 5.91 Å². The average Bonchev–Trinajstić information content (AvgIpc) is 3.59. The maximum atomic E-state index is 13.3. The van der Waals surface area contributed by atoms with Gasteiger partial charge in [0.1, 0.15) is 10.7 Å². The van der Waals surface area contributed by atoms with Crippen LogP contribution in [0, 0.1) is 5.92 Å². The SMILES string of the molecule is O=C(c1ccccc1)N1CCC(C(=O)N2CCCN2C(=O)c2csc(-c3cccnc3)n2)CC1. The molecule has 2 aliphatic heterocycles. The van der Waals surface area contributed by atoms with Gasteiger partial charge in [-0.1, -0.05) is 18.2 Å². The van der Waals surface area contributed by atoms with Crippen molar-refractivity contribution in [3.05, 3.63) is 71.5 Å². The van der Waals surface area contributed by atoms with E-state index in [4.69, 9.17) is 0 Å². The minimum atomic E-state index is -0.256. The second-order valence-electron chi connectivity index (χ2n) is 8.46. The fourth-order valence-electron chi connectivity index (χ4n) is 4.48. The monoisotopic (exact) mass is 475 g/mol. The summed E-state index contributed by atoms with van der Waals surface area (Å²) >= 11 is 1.39. The number of benzene rings is 1. The first-order valence-electron chi connectivity index (χ1n) is 11.5. The minimum absolute atomic E-state index is 0.00238. The van der Waals surface area contributed by atoms with Crippen LogP contribution in [0.1, 0.15) is 40.1 Å².